The Balaban J connectivity index is 2.05. The van der Waals surface area contributed by atoms with Crippen LogP contribution in [0.25, 0.3) is 0 Å². The average molecular weight is 181 g/mol. The number of carbonyl (C=O) groups excluding carboxylic acids is 1. The Morgan fingerprint density at radius 2 is 2.15 bits per heavy atom. The molecule has 0 bridgehead atoms. The Labute approximate surface area is 77.7 Å². The van der Waals surface area contributed by atoms with Gasteiger partial charge in [0.2, 0.25) is 0 Å². The lowest BCUT2D eigenvalue weighted by Crippen LogP contribution is -2.41. The second kappa shape index (κ2) is 2.27. The summed E-state index contributed by atoms with van der Waals surface area (Å²) in [6.07, 6.45) is 4.94. The van der Waals surface area contributed by atoms with Gasteiger partial charge in [-0.2, -0.15) is 0 Å². The fourth-order valence-electron chi connectivity index (χ4n) is 3.74. The zero-order valence-corrected chi connectivity index (χ0v) is 7.70. The van der Waals surface area contributed by atoms with Crippen molar-refractivity contribution in [1.29, 1.82) is 0 Å². The Morgan fingerprint density at radius 3 is 3.00 bits per heavy atom. The summed E-state index contributed by atoms with van der Waals surface area (Å²) in [4.78, 5) is 13.6. The van der Waals surface area contributed by atoms with Gasteiger partial charge in [0.25, 0.3) is 5.91 Å². The minimum atomic E-state index is -0.678. The van der Waals surface area contributed by atoms with E-state index in [1.165, 1.54) is 6.42 Å². The smallest absolute Gasteiger partial charge is 0.252 e. The van der Waals surface area contributed by atoms with Gasteiger partial charge in [-0.25, -0.2) is 0 Å². The molecular formula is C10H15NO2. The molecule has 1 spiro atoms. The molecular weight excluding hydrogens is 166 g/mol. The summed E-state index contributed by atoms with van der Waals surface area (Å²) in [6, 6.07) is 0. The van der Waals surface area contributed by atoms with Crippen LogP contribution in [0.1, 0.15) is 32.1 Å². The minimum absolute atomic E-state index is 0.00204. The van der Waals surface area contributed by atoms with Gasteiger partial charge in [0.05, 0.1) is 0 Å². The number of rotatable bonds is 0. The van der Waals surface area contributed by atoms with Crippen LogP contribution in [0.4, 0.5) is 0 Å². The van der Waals surface area contributed by atoms with Crippen molar-refractivity contribution in [1.82, 2.24) is 4.90 Å². The van der Waals surface area contributed by atoms with E-state index < -0.39 is 6.10 Å². The number of amides is 1. The molecule has 0 radical (unpaired) electrons. The van der Waals surface area contributed by atoms with E-state index in [0.717, 1.165) is 32.2 Å². The number of carbonyl (C=O) groups is 1. The van der Waals surface area contributed by atoms with E-state index in [-0.39, 0.29) is 17.4 Å². The lowest BCUT2D eigenvalue weighted by molar-refractivity contribution is -0.136. The maximum absolute atomic E-state index is 11.7. The van der Waals surface area contributed by atoms with E-state index in [1.54, 1.807) is 0 Å². The van der Waals surface area contributed by atoms with E-state index in [1.807, 2.05) is 4.90 Å². The molecule has 3 aliphatic rings. The molecule has 0 aromatic rings. The first-order chi connectivity index (χ1) is 6.26. The van der Waals surface area contributed by atoms with Crippen LogP contribution in [0, 0.1) is 5.92 Å². The van der Waals surface area contributed by atoms with E-state index in [0.29, 0.717) is 0 Å². The van der Waals surface area contributed by atoms with E-state index in [2.05, 4.69) is 0 Å². The molecule has 13 heavy (non-hydrogen) atoms. The fraction of sp³-hybridized carbons (Fsp3) is 0.900. The van der Waals surface area contributed by atoms with Crippen molar-refractivity contribution in [3.8, 4) is 0 Å². The molecule has 72 valence electrons. The van der Waals surface area contributed by atoms with Gasteiger partial charge in [0.15, 0.2) is 0 Å². The van der Waals surface area contributed by atoms with E-state index in [9.17, 15) is 9.90 Å². The van der Waals surface area contributed by atoms with E-state index in [4.69, 9.17) is 0 Å². The van der Waals surface area contributed by atoms with Crippen molar-refractivity contribution in [3.05, 3.63) is 0 Å². The van der Waals surface area contributed by atoms with Gasteiger partial charge in [-0.1, -0.05) is 6.42 Å². The molecule has 2 heterocycles. The molecule has 1 saturated carbocycles. The molecule has 1 amide bonds. The first kappa shape index (κ1) is 7.80. The van der Waals surface area contributed by atoms with Gasteiger partial charge in [0, 0.05) is 18.0 Å². The van der Waals surface area contributed by atoms with Crippen molar-refractivity contribution in [3.63, 3.8) is 0 Å². The van der Waals surface area contributed by atoms with Crippen molar-refractivity contribution < 1.29 is 9.90 Å². The largest absolute Gasteiger partial charge is 0.383 e. The van der Waals surface area contributed by atoms with Crippen LogP contribution < -0.4 is 0 Å². The van der Waals surface area contributed by atoms with Crippen molar-refractivity contribution in [2.24, 2.45) is 5.92 Å². The molecule has 2 saturated heterocycles. The Bertz CT molecular complexity index is 262. The summed E-state index contributed by atoms with van der Waals surface area (Å²) in [6.45, 7) is 0.881. The van der Waals surface area contributed by atoms with Gasteiger partial charge in [0.1, 0.15) is 6.10 Å². The Morgan fingerprint density at radius 1 is 1.38 bits per heavy atom. The number of nitrogens with zero attached hydrogens (tertiary/aromatic N) is 1. The molecule has 0 aromatic heterocycles. The third-order valence-electron chi connectivity index (χ3n) is 4.24. The fourth-order valence-corrected chi connectivity index (χ4v) is 3.74. The predicted octanol–water partition coefficient (Wildman–Crippen LogP) is 0.522. The number of aliphatic hydroxyl groups excluding tert-OH is 1. The number of hydrogen-bond donors (Lipinski definition) is 1. The highest BCUT2D eigenvalue weighted by molar-refractivity contribution is 5.85. The maximum atomic E-state index is 11.7. The highest BCUT2D eigenvalue weighted by Gasteiger charge is 2.61. The second-order valence-electron chi connectivity index (χ2n) is 4.64. The molecule has 3 fully saturated rings. The van der Waals surface area contributed by atoms with Gasteiger partial charge < -0.3 is 10.0 Å². The maximum Gasteiger partial charge on any atom is 0.252 e. The van der Waals surface area contributed by atoms with Crippen LogP contribution in [-0.4, -0.2) is 34.1 Å². The summed E-state index contributed by atoms with van der Waals surface area (Å²) in [5, 5.41) is 9.78. The topological polar surface area (TPSA) is 40.5 Å². The predicted molar refractivity (Wildman–Crippen MR) is 47.0 cm³/mol. The summed E-state index contributed by atoms with van der Waals surface area (Å²) in [5.74, 6) is 0.254. The number of hydrogen-bond acceptors (Lipinski definition) is 2. The third-order valence-corrected chi connectivity index (χ3v) is 4.24. The van der Waals surface area contributed by atoms with E-state index >= 15 is 0 Å². The standard InChI is InChI=1S/C10H15NO2/c12-8-7-3-1-4-10(7)5-2-6-11(10)9(8)13/h7-8,12H,1-6H2. The van der Waals surface area contributed by atoms with Gasteiger partial charge in [-0.05, 0) is 25.7 Å². The molecule has 3 rings (SSSR count). The lowest BCUT2D eigenvalue weighted by Gasteiger charge is -2.31. The van der Waals surface area contributed by atoms with Gasteiger partial charge in [-0.3, -0.25) is 4.79 Å². The van der Waals surface area contributed by atoms with Crippen LogP contribution in [0.5, 0.6) is 0 Å². The van der Waals surface area contributed by atoms with Crippen molar-refractivity contribution in [2.45, 2.75) is 43.7 Å². The number of aliphatic hydroxyl groups is 1. The normalized spacial score (nSPS) is 48.4. The molecule has 0 aromatic carbocycles. The monoisotopic (exact) mass is 181 g/mol. The van der Waals surface area contributed by atoms with Crippen LogP contribution in [0.2, 0.25) is 0 Å². The Kier molecular flexibility index (Phi) is 1.36. The summed E-state index contributed by atoms with van der Waals surface area (Å²) >= 11 is 0. The molecule has 2 aliphatic heterocycles. The molecule has 1 aliphatic carbocycles. The van der Waals surface area contributed by atoms with Crippen LogP contribution >= 0.6 is 0 Å². The van der Waals surface area contributed by atoms with Crippen LogP contribution in [0.3, 0.4) is 0 Å². The zero-order valence-electron chi connectivity index (χ0n) is 7.70. The summed E-state index contributed by atoms with van der Waals surface area (Å²) < 4.78 is 0. The first-order valence-corrected chi connectivity index (χ1v) is 5.25. The Hall–Kier alpha value is -0.570. The molecule has 3 atom stereocenters. The van der Waals surface area contributed by atoms with Crippen molar-refractivity contribution >= 4 is 5.91 Å². The molecule has 1 N–H and O–H groups in total. The van der Waals surface area contributed by atoms with Crippen LogP contribution in [-0.2, 0) is 4.79 Å². The van der Waals surface area contributed by atoms with Crippen molar-refractivity contribution in [2.75, 3.05) is 6.54 Å². The molecule has 3 heteroatoms. The van der Waals surface area contributed by atoms with Gasteiger partial charge >= 0.3 is 0 Å². The highest BCUT2D eigenvalue weighted by atomic mass is 16.3. The third kappa shape index (κ3) is 0.725. The SMILES string of the molecule is O=C1C(O)C2CCCC23CCCN13. The highest BCUT2D eigenvalue weighted by Crippen LogP contribution is 2.53. The average Bonchev–Trinajstić information content (AvgIpc) is 2.75. The quantitative estimate of drug-likeness (QED) is 0.592. The molecule has 3 unspecified atom stereocenters. The zero-order chi connectivity index (χ0) is 9.05. The summed E-state index contributed by atoms with van der Waals surface area (Å²) in [5.41, 5.74) is 0.0938. The van der Waals surface area contributed by atoms with Crippen LogP contribution in [0.15, 0.2) is 0 Å². The minimum Gasteiger partial charge on any atom is -0.383 e. The first-order valence-electron chi connectivity index (χ1n) is 5.25. The lowest BCUT2D eigenvalue weighted by atomic mass is 9.85. The second-order valence-corrected chi connectivity index (χ2v) is 4.64. The molecule has 3 nitrogen and oxygen atoms in total. The van der Waals surface area contributed by atoms with Gasteiger partial charge in [-0.15, -0.1) is 0 Å². The summed E-state index contributed by atoms with van der Waals surface area (Å²) in [7, 11) is 0.